The normalized spacial score (nSPS) is 13.8. The number of benzene rings is 2. The van der Waals surface area contributed by atoms with E-state index in [1.54, 1.807) is 50.2 Å². The second kappa shape index (κ2) is 7.85. The van der Waals surface area contributed by atoms with Crippen molar-refractivity contribution in [2.24, 2.45) is 0 Å². The standard InChI is InChI=1S/C22H22ClNO6S/c1-22(2,21(25)28-3)30-13-17-11-15-10-16(23)4-6-19(15)24(17)31(26,27)18-5-7-20-14(12-18)8-9-29-20/h4-7,10-12H,8-9,13H2,1-3H3. The number of aromatic nitrogens is 1. The lowest BCUT2D eigenvalue weighted by molar-refractivity contribution is -0.166. The van der Waals surface area contributed by atoms with E-state index in [4.69, 9.17) is 25.8 Å². The van der Waals surface area contributed by atoms with Crippen LogP contribution in [0.25, 0.3) is 10.9 Å². The van der Waals surface area contributed by atoms with Crippen LogP contribution in [0.5, 0.6) is 5.75 Å². The Hall–Kier alpha value is -2.55. The molecule has 0 saturated carbocycles. The van der Waals surface area contributed by atoms with Crippen molar-refractivity contribution in [3.8, 4) is 5.75 Å². The summed E-state index contributed by atoms with van der Waals surface area (Å²) in [7, 11) is -2.69. The van der Waals surface area contributed by atoms with E-state index < -0.39 is 21.6 Å². The van der Waals surface area contributed by atoms with Crippen molar-refractivity contribution < 1.29 is 27.4 Å². The first-order valence-electron chi connectivity index (χ1n) is 9.67. The highest BCUT2D eigenvalue weighted by Crippen LogP contribution is 2.32. The molecular weight excluding hydrogens is 442 g/mol. The maximum atomic E-state index is 13.7. The summed E-state index contributed by atoms with van der Waals surface area (Å²) in [6, 6.07) is 11.5. The minimum Gasteiger partial charge on any atom is -0.493 e. The smallest absolute Gasteiger partial charge is 0.337 e. The summed E-state index contributed by atoms with van der Waals surface area (Å²) < 4.78 is 44.6. The second-order valence-corrected chi connectivity index (χ2v) is 9.99. The van der Waals surface area contributed by atoms with Gasteiger partial charge in [0, 0.05) is 16.8 Å². The van der Waals surface area contributed by atoms with Crippen LogP contribution in [0.1, 0.15) is 25.1 Å². The van der Waals surface area contributed by atoms with Gasteiger partial charge in [0.25, 0.3) is 10.0 Å². The molecule has 2 aromatic carbocycles. The van der Waals surface area contributed by atoms with Crippen LogP contribution in [-0.2, 0) is 37.3 Å². The van der Waals surface area contributed by atoms with E-state index in [1.165, 1.54) is 17.1 Å². The number of rotatable bonds is 6. The molecule has 0 spiro atoms. The Morgan fingerprint density at radius 2 is 1.97 bits per heavy atom. The Morgan fingerprint density at radius 1 is 1.19 bits per heavy atom. The number of esters is 1. The topological polar surface area (TPSA) is 83.8 Å². The molecule has 0 N–H and O–H groups in total. The van der Waals surface area contributed by atoms with Gasteiger partial charge in [-0.15, -0.1) is 0 Å². The van der Waals surface area contributed by atoms with E-state index in [2.05, 4.69) is 0 Å². The predicted molar refractivity (Wildman–Crippen MR) is 116 cm³/mol. The zero-order valence-corrected chi connectivity index (χ0v) is 18.9. The van der Waals surface area contributed by atoms with Gasteiger partial charge in [-0.1, -0.05) is 11.6 Å². The lowest BCUT2D eigenvalue weighted by atomic mass is 10.1. The van der Waals surface area contributed by atoms with E-state index in [0.717, 1.165) is 5.56 Å². The van der Waals surface area contributed by atoms with Gasteiger partial charge in [-0.3, -0.25) is 0 Å². The molecule has 0 amide bonds. The highest BCUT2D eigenvalue weighted by atomic mass is 35.5. The molecule has 1 aliphatic rings. The van der Waals surface area contributed by atoms with Crippen LogP contribution in [0.2, 0.25) is 5.02 Å². The van der Waals surface area contributed by atoms with Gasteiger partial charge in [0.05, 0.1) is 36.4 Å². The van der Waals surface area contributed by atoms with E-state index in [9.17, 15) is 13.2 Å². The summed E-state index contributed by atoms with van der Waals surface area (Å²) in [6.07, 6.45) is 0.657. The Labute approximate surface area is 185 Å². The number of methoxy groups -OCH3 is 1. The Balaban J connectivity index is 1.82. The third-order valence-electron chi connectivity index (χ3n) is 5.25. The third-order valence-corrected chi connectivity index (χ3v) is 7.25. The van der Waals surface area contributed by atoms with Gasteiger partial charge in [-0.05, 0) is 61.9 Å². The minimum atomic E-state index is -3.96. The molecule has 0 fully saturated rings. The first-order chi connectivity index (χ1) is 14.6. The molecule has 0 aliphatic carbocycles. The average Bonchev–Trinajstić information content (AvgIpc) is 3.34. The van der Waals surface area contributed by atoms with Gasteiger partial charge in [0.1, 0.15) is 5.75 Å². The Bertz CT molecular complexity index is 1280. The fourth-order valence-electron chi connectivity index (χ4n) is 3.59. The van der Waals surface area contributed by atoms with Crippen molar-refractivity contribution >= 4 is 38.5 Å². The number of fused-ring (bicyclic) bond motifs is 2. The summed E-state index contributed by atoms with van der Waals surface area (Å²) in [4.78, 5) is 12.1. The van der Waals surface area contributed by atoms with Crippen LogP contribution in [0.4, 0.5) is 0 Å². The minimum absolute atomic E-state index is 0.123. The SMILES string of the molecule is COC(=O)C(C)(C)OCc1cc2cc(Cl)ccc2n1S(=O)(=O)c1ccc2c(c1)CCO2. The van der Waals surface area contributed by atoms with Crippen molar-refractivity contribution in [1.82, 2.24) is 3.97 Å². The van der Waals surface area contributed by atoms with Gasteiger partial charge >= 0.3 is 5.97 Å². The van der Waals surface area contributed by atoms with Crippen molar-refractivity contribution in [1.29, 1.82) is 0 Å². The maximum absolute atomic E-state index is 13.7. The zero-order chi connectivity index (χ0) is 22.4. The van der Waals surface area contributed by atoms with E-state index >= 15 is 0 Å². The third kappa shape index (κ3) is 3.91. The fourth-order valence-corrected chi connectivity index (χ4v) is 5.35. The number of carbonyl (C=O) groups excluding carboxylic acids is 1. The van der Waals surface area contributed by atoms with Crippen LogP contribution in [0.15, 0.2) is 47.4 Å². The largest absolute Gasteiger partial charge is 0.493 e. The molecule has 1 aromatic heterocycles. The lowest BCUT2D eigenvalue weighted by Crippen LogP contribution is -2.36. The quantitative estimate of drug-likeness (QED) is 0.515. The summed E-state index contributed by atoms with van der Waals surface area (Å²) in [5.41, 5.74) is 0.439. The first kappa shape index (κ1) is 21.7. The summed E-state index contributed by atoms with van der Waals surface area (Å²) in [6.45, 7) is 3.54. The number of halogens is 1. The van der Waals surface area contributed by atoms with Gasteiger partial charge in [-0.25, -0.2) is 17.2 Å². The summed E-state index contributed by atoms with van der Waals surface area (Å²) in [5.74, 6) is 0.145. The van der Waals surface area contributed by atoms with Crippen LogP contribution in [-0.4, -0.2) is 37.7 Å². The lowest BCUT2D eigenvalue weighted by Gasteiger charge is -2.22. The van der Waals surface area contributed by atoms with E-state index in [0.29, 0.717) is 40.4 Å². The molecule has 0 unspecified atom stereocenters. The Kier molecular flexibility index (Phi) is 5.49. The Morgan fingerprint density at radius 3 is 2.71 bits per heavy atom. The van der Waals surface area contributed by atoms with E-state index in [1.807, 2.05) is 0 Å². The van der Waals surface area contributed by atoms with E-state index in [-0.39, 0.29) is 11.5 Å². The summed E-state index contributed by atoms with van der Waals surface area (Å²) >= 11 is 6.12. The van der Waals surface area contributed by atoms with Crippen LogP contribution >= 0.6 is 11.6 Å². The predicted octanol–water partition coefficient (Wildman–Crippen LogP) is 3.93. The van der Waals surface area contributed by atoms with Gasteiger partial charge in [-0.2, -0.15) is 0 Å². The van der Waals surface area contributed by atoms with Gasteiger partial charge in [0.2, 0.25) is 0 Å². The molecule has 0 bridgehead atoms. The van der Waals surface area contributed by atoms with Gasteiger partial charge in [0.15, 0.2) is 5.60 Å². The molecule has 7 nitrogen and oxygen atoms in total. The maximum Gasteiger partial charge on any atom is 0.337 e. The molecule has 31 heavy (non-hydrogen) atoms. The monoisotopic (exact) mass is 463 g/mol. The molecule has 3 aromatic rings. The number of hydrogen-bond donors (Lipinski definition) is 0. The number of carbonyl (C=O) groups is 1. The molecule has 164 valence electrons. The molecule has 1 aliphatic heterocycles. The average molecular weight is 464 g/mol. The molecule has 0 atom stereocenters. The second-order valence-electron chi connectivity index (χ2n) is 7.77. The van der Waals surface area contributed by atoms with Gasteiger partial charge < -0.3 is 14.2 Å². The van der Waals surface area contributed by atoms with Crippen LogP contribution < -0.4 is 4.74 Å². The zero-order valence-electron chi connectivity index (χ0n) is 17.3. The fraction of sp³-hybridized carbons (Fsp3) is 0.318. The molecular formula is C22H22ClNO6S. The van der Waals surface area contributed by atoms with Crippen molar-refractivity contribution in [2.75, 3.05) is 13.7 Å². The number of nitrogens with zero attached hydrogens (tertiary/aromatic N) is 1. The molecule has 2 heterocycles. The molecule has 0 saturated heterocycles. The van der Waals surface area contributed by atoms with Crippen LogP contribution in [0, 0.1) is 0 Å². The van der Waals surface area contributed by atoms with Crippen molar-refractivity contribution in [3.05, 3.63) is 58.7 Å². The molecule has 0 radical (unpaired) electrons. The highest BCUT2D eigenvalue weighted by Gasteiger charge is 2.31. The van der Waals surface area contributed by atoms with Crippen LogP contribution in [0.3, 0.4) is 0 Å². The molecule has 9 heteroatoms. The summed E-state index contributed by atoms with van der Waals surface area (Å²) in [5, 5.41) is 1.13. The number of ether oxygens (including phenoxy) is 3. The first-order valence-corrected chi connectivity index (χ1v) is 11.5. The van der Waals surface area contributed by atoms with Crippen molar-refractivity contribution in [2.45, 2.75) is 37.4 Å². The highest BCUT2D eigenvalue weighted by molar-refractivity contribution is 7.90. The number of hydrogen-bond acceptors (Lipinski definition) is 6. The molecule has 4 rings (SSSR count). The van der Waals surface area contributed by atoms with Crippen molar-refractivity contribution in [3.63, 3.8) is 0 Å².